The molecule has 5 rings (SSSR count). The first-order valence-corrected chi connectivity index (χ1v) is 10.4. The molecule has 0 spiro atoms. The van der Waals surface area contributed by atoms with Crippen LogP contribution in [0.1, 0.15) is 31.4 Å². The Morgan fingerprint density at radius 1 is 1.03 bits per heavy atom. The molecule has 0 radical (unpaired) electrons. The van der Waals surface area contributed by atoms with E-state index in [1.165, 1.54) is 0 Å². The number of fused-ring (bicyclic) bond motifs is 2. The van der Waals surface area contributed by atoms with Gasteiger partial charge in [0.2, 0.25) is 0 Å². The minimum absolute atomic E-state index is 0.00218. The van der Waals surface area contributed by atoms with E-state index in [4.69, 9.17) is 4.74 Å². The number of alkyl halides is 3. The fourth-order valence-electron chi connectivity index (χ4n) is 3.96. The van der Waals surface area contributed by atoms with Gasteiger partial charge >= 0.3 is 12.2 Å². The average molecular weight is 433 g/mol. The third kappa shape index (κ3) is 4.58. The number of carbonyl (C=O) groups excluding carboxylic acids is 1. The molecule has 1 saturated carbocycles. The number of benzene rings is 1. The fraction of sp³-hybridized carbons (Fsp3) is 0.476. The molecule has 1 aliphatic carbocycles. The molecule has 1 aromatic carbocycles. The van der Waals surface area contributed by atoms with E-state index >= 15 is 0 Å². The van der Waals surface area contributed by atoms with Gasteiger partial charge in [0.1, 0.15) is 5.82 Å². The Bertz CT molecular complexity index is 966. The molecule has 164 valence electrons. The minimum atomic E-state index is -4.58. The maximum absolute atomic E-state index is 13.5. The number of carbonyl (C=O) groups is 1. The third-order valence-corrected chi connectivity index (χ3v) is 5.68. The molecule has 1 aromatic heterocycles. The van der Waals surface area contributed by atoms with E-state index in [1.54, 1.807) is 24.3 Å². The number of nitrogens with zero attached hydrogens (tertiary/aromatic N) is 3. The van der Waals surface area contributed by atoms with Gasteiger partial charge < -0.3 is 20.3 Å². The lowest BCUT2D eigenvalue weighted by atomic mass is 10.2. The van der Waals surface area contributed by atoms with Crippen LogP contribution >= 0.6 is 0 Å². The Hall–Kier alpha value is -2.88. The molecule has 3 heterocycles. The molecule has 2 aliphatic heterocycles. The molecule has 2 N–H and O–H groups in total. The topological polar surface area (TPSA) is 79.4 Å². The number of anilines is 2. The van der Waals surface area contributed by atoms with Crippen LogP contribution in [-0.2, 0) is 10.9 Å². The van der Waals surface area contributed by atoms with E-state index in [0.29, 0.717) is 24.3 Å². The molecule has 2 atom stereocenters. The van der Waals surface area contributed by atoms with Crippen molar-refractivity contribution >= 4 is 17.5 Å². The van der Waals surface area contributed by atoms with Crippen LogP contribution in [0.15, 0.2) is 30.3 Å². The lowest BCUT2D eigenvalue weighted by Gasteiger charge is -2.33. The first-order chi connectivity index (χ1) is 14.8. The number of halogens is 3. The van der Waals surface area contributed by atoms with Crippen molar-refractivity contribution in [1.82, 2.24) is 15.3 Å². The number of morpholine rings is 1. The lowest BCUT2D eigenvalue weighted by Crippen LogP contribution is -2.43. The van der Waals surface area contributed by atoms with Gasteiger partial charge in [-0.25, -0.2) is 14.8 Å². The SMILES string of the molecule is O=C(Nc1ccc(-c2nc(N3CC4CCC(C3)O4)cc(C(F)(F)F)n2)cc1)NC1CC1. The first-order valence-electron chi connectivity index (χ1n) is 10.4. The summed E-state index contributed by atoms with van der Waals surface area (Å²) in [6, 6.07) is 7.40. The molecule has 3 aliphatic rings. The van der Waals surface area contributed by atoms with E-state index in [1.807, 2.05) is 4.90 Å². The van der Waals surface area contributed by atoms with Crippen molar-refractivity contribution in [1.29, 1.82) is 0 Å². The maximum atomic E-state index is 13.5. The second-order valence-corrected chi connectivity index (χ2v) is 8.25. The van der Waals surface area contributed by atoms with Gasteiger partial charge in [-0.05, 0) is 49.9 Å². The van der Waals surface area contributed by atoms with Gasteiger partial charge in [-0.2, -0.15) is 13.2 Å². The maximum Gasteiger partial charge on any atom is 0.433 e. The molecular weight excluding hydrogens is 411 g/mol. The van der Waals surface area contributed by atoms with Gasteiger partial charge in [0.25, 0.3) is 0 Å². The van der Waals surface area contributed by atoms with Gasteiger partial charge in [-0.1, -0.05) is 0 Å². The van der Waals surface area contributed by atoms with Crippen LogP contribution in [0.4, 0.5) is 29.5 Å². The lowest BCUT2D eigenvalue weighted by molar-refractivity contribution is -0.141. The van der Waals surface area contributed by atoms with Gasteiger partial charge in [-0.15, -0.1) is 0 Å². The van der Waals surface area contributed by atoms with Crippen LogP contribution in [0, 0.1) is 0 Å². The summed E-state index contributed by atoms with van der Waals surface area (Å²) in [4.78, 5) is 21.9. The summed E-state index contributed by atoms with van der Waals surface area (Å²) in [5, 5.41) is 5.53. The minimum Gasteiger partial charge on any atom is -0.371 e. The molecule has 2 aromatic rings. The van der Waals surface area contributed by atoms with E-state index in [9.17, 15) is 18.0 Å². The number of aromatic nitrogens is 2. The van der Waals surface area contributed by atoms with Crippen LogP contribution in [0.3, 0.4) is 0 Å². The first kappa shape index (κ1) is 20.0. The van der Waals surface area contributed by atoms with Crippen molar-refractivity contribution in [2.45, 2.75) is 50.1 Å². The molecule has 2 amide bonds. The molecular formula is C21H22F3N5O2. The summed E-state index contributed by atoms with van der Waals surface area (Å²) in [6.45, 7) is 1.03. The van der Waals surface area contributed by atoms with Gasteiger partial charge in [0.15, 0.2) is 11.5 Å². The summed E-state index contributed by atoms with van der Waals surface area (Å²) in [7, 11) is 0. The molecule has 2 bridgehead atoms. The molecule has 2 saturated heterocycles. The second-order valence-electron chi connectivity index (χ2n) is 8.25. The monoisotopic (exact) mass is 433 g/mol. The van der Waals surface area contributed by atoms with Crippen molar-refractivity contribution in [3.8, 4) is 11.4 Å². The third-order valence-electron chi connectivity index (χ3n) is 5.68. The fourth-order valence-corrected chi connectivity index (χ4v) is 3.96. The summed E-state index contributed by atoms with van der Waals surface area (Å²) >= 11 is 0. The van der Waals surface area contributed by atoms with Crippen molar-refractivity contribution in [3.05, 3.63) is 36.0 Å². The van der Waals surface area contributed by atoms with Crippen LogP contribution < -0.4 is 15.5 Å². The predicted molar refractivity (Wildman–Crippen MR) is 108 cm³/mol. The standard InChI is InChI=1S/C21H22F3N5O2/c22-21(23,24)17-9-18(29-10-15-7-8-16(11-29)31-15)28-19(27-17)12-1-3-13(4-2-12)25-20(30)26-14-5-6-14/h1-4,9,14-16H,5-8,10-11H2,(H2,25,26,30). The summed E-state index contributed by atoms with van der Waals surface area (Å²) in [5.41, 5.74) is 0.00735. The van der Waals surface area contributed by atoms with Crippen LogP contribution in [-0.4, -0.2) is 47.3 Å². The van der Waals surface area contributed by atoms with Crippen molar-refractivity contribution in [3.63, 3.8) is 0 Å². The highest BCUT2D eigenvalue weighted by Gasteiger charge is 2.37. The molecule has 3 fully saturated rings. The summed E-state index contributed by atoms with van der Waals surface area (Å²) in [6.07, 6.45) is -0.752. The highest BCUT2D eigenvalue weighted by atomic mass is 19.4. The van der Waals surface area contributed by atoms with E-state index in [0.717, 1.165) is 31.7 Å². The molecule has 31 heavy (non-hydrogen) atoms. The number of hydrogen-bond acceptors (Lipinski definition) is 5. The Morgan fingerprint density at radius 3 is 2.32 bits per heavy atom. The van der Waals surface area contributed by atoms with E-state index < -0.39 is 11.9 Å². The normalized spacial score (nSPS) is 23.0. The van der Waals surface area contributed by atoms with Crippen LogP contribution in [0.25, 0.3) is 11.4 Å². The molecule has 7 nitrogen and oxygen atoms in total. The molecule has 2 unspecified atom stereocenters. The quantitative estimate of drug-likeness (QED) is 0.767. The van der Waals surface area contributed by atoms with E-state index in [-0.39, 0.29) is 35.9 Å². The zero-order valence-corrected chi connectivity index (χ0v) is 16.7. The number of ether oxygens (including phenoxy) is 1. The summed E-state index contributed by atoms with van der Waals surface area (Å²) in [5.74, 6) is 0.251. The highest BCUT2D eigenvalue weighted by molar-refractivity contribution is 5.89. The highest BCUT2D eigenvalue weighted by Crippen LogP contribution is 2.34. The predicted octanol–water partition coefficient (Wildman–Crippen LogP) is 3.81. The Labute approximate surface area is 177 Å². The smallest absolute Gasteiger partial charge is 0.371 e. The van der Waals surface area contributed by atoms with Gasteiger partial charge in [-0.3, -0.25) is 0 Å². The largest absolute Gasteiger partial charge is 0.433 e. The van der Waals surface area contributed by atoms with E-state index in [2.05, 4.69) is 20.6 Å². The number of urea groups is 1. The second kappa shape index (κ2) is 7.67. The number of amides is 2. The van der Waals surface area contributed by atoms with Gasteiger partial charge in [0, 0.05) is 36.4 Å². The zero-order chi connectivity index (χ0) is 21.6. The van der Waals surface area contributed by atoms with Gasteiger partial charge in [0.05, 0.1) is 12.2 Å². The van der Waals surface area contributed by atoms with Crippen LogP contribution in [0.5, 0.6) is 0 Å². The Morgan fingerprint density at radius 2 is 1.71 bits per heavy atom. The Balaban J connectivity index is 1.40. The van der Waals surface area contributed by atoms with Crippen molar-refractivity contribution in [2.24, 2.45) is 0 Å². The van der Waals surface area contributed by atoms with Crippen molar-refractivity contribution in [2.75, 3.05) is 23.3 Å². The zero-order valence-electron chi connectivity index (χ0n) is 16.7. The average Bonchev–Trinajstić information content (AvgIpc) is 3.49. The number of rotatable bonds is 4. The van der Waals surface area contributed by atoms with Crippen LogP contribution in [0.2, 0.25) is 0 Å². The van der Waals surface area contributed by atoms with Crippen molar-refractivity contribution < 1.29 is 22.7 Å². The number of hydrogen-bond donors (Lipinski definition) is 2. The summed E-state index contributed by atoms with van der Waals surface area (Å²) < 4.78 is 46.4. The molecule has 10 heteroatoms. The Kier molecular flexibility index (Phi) is 4.96. The number of nitrogens with one attached hydrogen (secondary N) is 2.